The van der Waals surface area contributed by atoms with Crippen LogP contribution in [0.4, 0.5) is 4.79 Å². The molecule has 7 heteroatoms. The molecule has 1 N–H and O–H groups in total. The molecular weight excluding hydrogens is 464 g/mol. The van der Waals surface area contributed by atoms with Gasteiger partial charge in [0.25, 0.3) is 0 Å². The van der Waals surface area contributed by atoms with E-state index in [0.29, 0.717) is 30.7 Å². The molecule has 0 heterocycles. The van der Waals surface area contributed by atoms with Crippen LogP contribution in [0.2, 0.25) is 0 Å². The Hall–Kier alpha value is -1.79. The number of esters is 1. The molecule has 1 aromatic rings. The van der Waals surface area contributed by atoms with Gasteiger partial charge in [-0.3, -0.25) is 4.79 Å². The smallest absolute Gasteiger partial charge is 0.407 e. The largest absolute Gasteiger partial charge is 0.450 e. The second kappa shape index (κ2) is 15.4. The first kappa shape index (κ1) is 29.4. The van der Waals surface area contributed by atoms with E-state index in [-0.39, 0.29) is 11.4 Å². The van der Waals surface area contributed by atoms with Gasteiger partial charge >= 0.3 is 12.1 Å². The van der Waals surface area contributed by atoms with Gasteiger partial charge in [0.05, 0.1) is 13.0 Å². The number of nitrogens with zero attached hydrogens (tertiary/aromatic N) is 1. The number of carbonyl (C=O) groups excluding carboxylic acids is 2. The summed E-state index contributed by atoms with van der Waals surface area (Å²) in [7, 11) is 4.25. The number of halogens is 1. The standard InChI is InChI=1S/C19H27NO4.C9H18ClN/c1-3-23-18(22)20-14-19(10-5-4-6-11-19)13-17(21)24-16-9-7-8-15(2)12-16;1-11(2)7-8-5-3-4-6-9(8)10/h7-9,12H,3-6,10-11,13-14H2,1-2H3,(H,20,22);8-9H,3-7H2,1-2H3. The van der Waals surface area contributed by atoms with Crippen LogP contribution in [0.15, 0.2) is 24.3 Å². The van der Waals surface area contributed by atoms with E-state index in [1.807, 2.05) is 25.1 Å². The van der Waals surface area contributed by atoms with Crippen LogP contribution in [0.25, 0.3) is 0 Å². The van der Waals surface area contributed by atoms with Crippen LogP contribution in [-0.2, 0) is 9.53 Å². The highest BCUT2D eigenvalue weighted by atomic mass is 35.5. The van der Waals surface area contributed by atoms with E-state index >= 15 is 0 Å². The topological polar surface area (TPSA) is 67.9 Å². The Bertz CT molecular complexity index is 780. The Morgan fingerprint density at radius 3 is 2.46 bits per heavy atom. The molecule has 1 amide bonds. The van der Waals surface area contributed by atoms with Gasteiger partial charge in [-0.15, -0.1) is 11.6 Å². The minimum absolute atomic E-state index is 0.230. The van der Waals surface area contributed by atoms with Crippen LogP contribution in [0.5, 0.6) is 5.75 Å². The maximum Gasteiger partial charge on any atom is 0.407 e. The lowest BCUT2D eigenvalue weighted by Gasteiger charge is -2.36. The average Bonchev–Trinajstić information content (AvgIpc) is 2.80. The van der Waals surface area contributed by atoms with Gasteiger partial charge in [-0.25, -0.2) is 4.79 Å². The quantitative estimate of drug-likeness (QED) is 0.252. The van der Waals surface area contributed by atoms with Crippen molar-refractivity contribution in [3.8, 4) is 5.75 Å². The predicted octanol–water partition coefficient (Wildman–Crippen LogP) is 6.33. The average molecular weight is 509 g/mol. The summed E-state index contributed by atoms with van der Waals surface area (Å²) in [5, 5.41) is 3.24. The maximum absolute atomic E-state index is 12.4. The first-order valence-electron chi connectivity index (χ1n) is 13.2. The summed E-state index contributed by atoms with van der Waals surface area (Å²) in [6, 6.07) is 7.47. The first-order valence-corrected chi connectivity index (χ1v) is 13.6. The SMILES string of the molecule is CCOC(=O)NCC1(CC(=O)Oc2cccc(C)c2)CCCCC1.CN(C)CC1CCCCC1Cl. The molecule has 0 aromatic heterocycles. The van der Waals surface area contributed by atoms with E-state index in [0.717, 1.165) is 43.7 Å². The Kier molecular flexibility index (Phi) is 12.9. The molecule has 0 bridgehead atoms. The van der Waals surface area contributed by atoms with E-state index in [1.165, 1.54) is 32.1 Å². The Morgan fingerprint density at radius 1 is 1.11 bits per heavy atom. The lowest BCUT2D eigenvalue weighted by Crippen LogP contribution is -2.41. The fraction of sp³-hybridized carbons (Fsp3) is 0.714. The van der Waals surface area contributed by atoms with Crippen molar-refractivity contribution in [2.75, 3.05) is 33.8 Å². The number of hydrogen-bond donors (Lipinski definition) is 1. The van der Waals surface area contributed by atoms with Crippen molar-refractivity contribution < 1.29 is 19.1 Å². The van der Waals surface area contributed by atoms with Gasteiger partial charge in [0.15, 0.2) is 0 Å². The van der Waals surface area contributed by atoms with Gasteiger partial charge in [0, 0.05) is 18.5 Å². The van der Waals surface area contributed by atoms with Gasteiger partial charge in [-0.2, -0.15) is 0 Å². The monoisotopic (exact) mass is 508 g/mol. The fourth-order valence-electron chi connectivity index (χ4n) is 5.15. The number of alkyl carbamates (subject to hydrolysis) is 1. The number of benzene rings is 1. The molecule has 1 aromatic carbocycles. The molecule has 6 nitrogen and oxygen atoms in total. The minimum Gasteiger partial charge on any atom is -0.450 e. The van der Waals surface area contributed by atoms with Gasteiger partial charge in [0.1, 0.15) is 5.75 Å². The van der Waals surface area contributed by atoms with Gasteiger partial charge in [-0.05, 0) is 82.7 Å². The van der Waals surface area contributed by atoms with Gasteiger partial charge < -0.3 is 19.7 Å². The number of aryl methyl sites for hydroxylation is 1. The van der Waals surface area contributed by atoms with Crippen molar-refractivity contribution in [3.05, 3.63) is 29.8 Å². The van der Waals surface area contributed by atoms with Crippen molar-refractivity contribution in [2.24, 2.45) is 11.3 Å². The zero-order valence-corrected chi connectivity index (χ0v) is 22.9. The van der Waals surface area contributed by atoms with Gasteiger partial charge in [-0.1, -0.05) is 44.2 Å². The van der Waals surface area contributed by atoms with E-state index in [1.54, 1.807) is 13.0 Å². The second-order valence-electron chi connectivity index (χ2n) is 10.4. The second-order valence-corrected chi connectivity index (χ2v) is 11.0. The summed E-state index contributed by atoms with van der Waals surface area (Å²) in [6.07, 6.45) is 10.3. The van der Waals surface area contributed by atoms with Crippen LogP contribution in [0.3, 0.4) is 0 Å². The molecule has 0 saturated heterocycles. The predicted molar refractivity (Wildman–Crippen MR) is 142 cm³/mol. The van der Waals surface area contributed by atoms with E-state index in [9.17, 15) is 9.59 Å². The number of nitrogens with one attached hydrogen (secondary N) is 1. The van der Waals surface area contributed by atoms with Crippen molar-refractivity contribution in [3.63, 3.8) is 0 Å². The lowest BCUT2D eigenvalue weighted by molar-refractivity contribution is -0.137. The van der Waals surface area contributed by atoms with Crippen LogP contribution in [-0.4, -0.2) is 56.1 Å². The Labute approximate surface area is 217 Å². The molecule has 2 fully saturated rings. The summed E-state index contributed by atoms with van der Waals surface area (Å²) >= 11 is 6.20. The highest BCUT2D eigenvalue weighted by Gasteiger charge is 2.35. The normalized spacial score (nSPS) is 21.4. The summed E-state index contributed by atoms with van der Waals surface area (Å²) in [6.45, 7) is 5.69. The molecule has 2 saturated carbocycles. The minimum atomic E-state index is -0.422. The van der Waals surface area contributed by atoms with Crippen LogP contribution >= 0.6 is 11.6 Å². The van der Waals surface area contributed by atoms with Crippen LogP contribution in [0.1, 0.15) is 76.7 Å². The third-order valence-electron chi connectivity index (χ3n) is 6.95. The fourth-order valence-corrected chi connectivity index (χ4v) is 5.51. The molecule has 198 valence electrons. The number of ether oxygens (including phenoxy) is 2. The van der Waals surface area contributed by atoms with Crippen molar-refractivity contribution in [1.29, 1.82) is 0 Å². The number of carbonyl (C=O) groups is 2. The molecule has 0 spiro atoms. The molecule has 2 atom stereocenters. The Morgan fingerprint density at radius 2 is 1.83 bits per heavy atom. The van der Waals surface area contributed by atoms with Crippen molar-refractivity contribution >= 4 is 23.7 Å². The zero-order chi connectivity index (χ0) is 25.7. The highest BCUT2D eigenvalue weighted by Crippen LogP contribution is 2.39. The maximum atomic E-state index is 12.4. The molecule has 2 unspecified atom stereocenters. The van der Waals surface area contributed by atoms with Crippen molar-refractivity contribution in [1.82, 2.24) is 10.2 Å². The third kappa shape index (κ3) is 11.2. The summed E-state index contributed by atoms with van der Waals surface area (Å²) in [5.41, 5.74) is 0.822. The molecule has 3 rings (SSSR count). The highest BCUT2D eigenvalue weighted by molar-refractivity contribution is 6.20. The summed E-state index contributed by atoms with van der Waals surface area (Å²) < 4.78 is 10.4. The lowest BCUT2D eigenvalue weighted by atomic mass is 9.71. The molecule has 2 aliphatic rings. The van der Waals surface area contributed by atoms with Gasteiger partial charge in [0.2, 0.25) is 0 Å². The first-order chi connectivity index (χ1) is 16.7. The molecule has 0 aliphatic heterocycles. The molecule has 0 radical (unpaired) electrons. The van der Waals surface area contributed by atoms with Crippen LogP contribution < -0.4 is 10.1 Å². The van der Waals surface area contributed by atoms with E-state index < -0.39 is 6.09 Å². The molecule has 2 aliphatic carbocycles. The summed E-state index contributed by atoms with van der Waals surface area (Å²) in [4.78, 5) is 26.2. The number of amides is 1. The zero-order valence-electron chi connectivity index (χ0n) is 22.1. The Balaban J connectivity index is 0.000000328. The number of rotatable bonds is 8. The molecular formula is C28H45ClN2O4. The van der Waals surface area contributed by atoms with E-state index in [4.69, 9.17) is 21.1 Å². The van der Waals surface area contributed by atoms with E-state index in [2.05, 4.69) is 24.3 Å². The van der Waals surface area contributed by atoms with Crippen molar-refractivity contribution in [2.45, 2.75) is 83.4 Å². The number of alkyl halides is 1. The van der Waals surface area contributed by atoms with Crippen LogP contribution in [0, 0.1) is 18.3 Å². The number of hydrogen-bond acceptors (Lipinski definition) is 5. The summed E-state index contributed by atoms with van der Waals surface area (Å²) in [5.74, 6) is 1.07. The third-order valence-corrected chi connectivity index (χ3v) is 7.53. The molecule has 35 heavy (non-hydrogen) atoms.